The molecule has 17 heteroatoms. The van der Waals surface area contributed by atoms with Gasteiger partial charge in [-0.2, -0.15) is 0 Å². The Morgan fingerprint density at radius 2 is 1.62 bits per heavy atom. The third-order valence-corrected chi connectivity index (χ3v) is 9.83. The van der Waals surface area contributed by atoms with E-state index in [1.54, 1.807) is 25.4 Å². The van der Waals surface area contributed by atoms with Gasteiger partial charge in [0, 0.05) is 30.6 Å². The number of carbonyl (C=O) groups excluding carboxylic acids is 6. The number of aromatic nitrogens is 2. The van der Waals surface area contributed by atoms with E-state index in [9.17, 15) is 33.9 Å². The summed E-state index contributed by atoms with van der Waals surface area (Å²) in [5, 5.41) is 45.0. The molecule has 2 aromatic rings. The number of fused-ring (bicyclic) bond motifs is 1. The molecule has 0 radical (unpaired) electrons. The number of hydrogen-bond donors (Lipinski definition) is 10. The highest BCUT2D eigenvalue weighted by atomic mass is 16.3. The number of rotatable bonds is 30. The van der Waals surface area contributed by atoms with Crippen LogP contribution in [-0.4, -0.2) is 110 Å². The Bertz CT molecular complexity index is 1940. The number of aromatic amines is 1. The molecule has 63 heavy (non-hydrogen) atoms. The highest BCUT2D eigenvalue weighted by Crippen LogP contribution is 2.19. The molecule has 0 fully saturated rings. The van der Waals surface area contributed by atoms with Gasteiger partial charge in [-0.05, 0) is 95.6 Å². The van der Waals surface area contributed by atoms with E-state index in [1.165, 1.54) is 25.2 Å². The molecule has 0 aliphatic heterocycles. The Balaban J connectivity index is 1.94. The molecule has 17 nitrogen and oxygen atoms in total. The lowest BCUT2D eigenvalue weighted by molar-refractivity contribution is -0.133. The molecule has 5 amide bonds. The number of pyridine rings is 1. The molecular weight excluding hydrogens is 809 g/mol. The largest absolute Gasteiger partial charge is 0.516 e. The van der Waals surface area contributed by atoms with E-state index >= 15 is 0 Å². The summed E-state index contributed by atoms with van der Waals surface area (Å²) in [5.74, 6) is -2.55. The second kappa shape index (κ2) is 27.9. The van der Waals surface area contributed by atoms with E-state index in [4.69, 9.17) is 10.2 Å². The zero-order valence-electron chi connectivity index (χ0n) is 37.2. The number of aldehydes is 1. The van der Waals surface area contributed by atoms with Gasteiger partial charge in [0.15, 0.2) is 0 Å². The smallest absolute Gasteiger partial charge is 0.243 e. The van der Waals surface area contributed by atoms with Crippen molar-refractivity contribution in [1.82, 2.24) is 41.9 Å². The number of aliphatic hydroxyl groups is 3. The topological polar surface area (TPSA) is 264 Å². The van der Waals surface area contributed by atoms with Gasteiger partial charge in [0.2, 0.25) is 29.5 Å². The molecule has 0 aliphatic carbocycles. The maximum atomic E-state index is 13.5. The zero-order chi connectivity index (χ0) is 46.8. The summed E-state index contributed by atoms with van der Waals surface area (Å²) in [5.41, 5.74) is 0.0828. The fraction of sp³-hybridized carbons (Fsp3) is 0.500. The molecule has 0 aliphatic rings. The highest BCUT2D eigenvalue weighted by molar-refractivity contribution is 5.94. The number of aliphatic hydroxyl groups excluding tert-OH is 3. The van der Waals surface area contributed by atoms with Crippen molar-refractivity contribution >= 4 is 46.9 Å². The van der Waals surface area contributed by atoms with Gasteiger partial charge in [0.1, 0.15) is 30.1 Å². The lowest BCUT2D eigenvalue weighted by Crippen LogP contribution is -2.58. The average molecular weight is 877 g/mol. The predicted molar refractivity (Wildman–Crippen MR) is 243 cm³/mol. The number of carbonyl (C=O) groups is 6. The Morgan fingerprint density at radius 3 is 2.29 bits per heavy atom. The third-order valence-electron chi connectivity index (χ3n) is 9.83. The Kier molecular flexibility index (Phi) is 23.6. The van der Waals surface area contributed by atoms with Crippen molar-refractivity contribution in [2.75, 3.05) is 13.3 Å². The van der Waals surface area contributed by atoms with Crippen LogP contribution in [0.2, 0.25) is 0 Å². The lowest BCUT2D eigenvalue weighted by atomic mass is 9.95. The van der Waals surface area contributed by atoms with Crippen molar-refractivity contribution in [2.45, 2.75) is 134 Å². The molecule has 10 N–H and O–H groups in total. The van der Waals surface area contributed by atoms with Gasteiger partial charge in [-0.1, -0.05) is 56.4 Å². The van der Waals surface area contributed by atoms with Gasteiger partial charge >= 0.3 is 0 Å². The van der Waals surface area contributed by atoms with Crippen LogP contribution in [0.15, 0.2) is 85.5 Å². The summed E-state index contributed by atoms with van der Waals surface area (Å²) >= 11 is 0. The minimum atomic E-state index is -1.20. The summed E-state index contributed by atoms with van der Waals surface area (Å²) in [6, 6.07) is 0.693. The lowest BCUT2D eigenvalue weighted by Gasteiger charge is -2.29. The van der Waals surface area contributed by atoms with Gasteiger partial charge in [-0.3, -0.25) is 29.3 Å². The van der Waals surface area contributed by atoms with Gasteiger partial charge in [0.05, 0.1) is 43.1 Å². The van der Waals surface area contributed by atoms with Crippen LogP contribution in [0.1, 0.15) is 98.0 Å². The number of allylic oxidation sites excluding steroid dienone is 6. The number of unbranched alkanes of at least 4 members (excludes halogenated alkanes) is 2. The van der Waals surface area contributed by atoms with E-state index in [2.05, 4.69) is 48.4 Å². The van der Waals surface area contributed by atoms with Crippen LogP contribution in [0.4, 0.5) is 0 Å². The molecule has 2 aromatic heterocycles. The van der Waals surface area contributed by atoms with Crippen molar-refractivity contribution in [3.63, 3.8) is 0 Å². The Hall–Kier alpha value is -5.91. The summed E-state index contributed by atoms with van der Waals surface area (Å²) in [6.07, 6.45) is 20.2. The van der Waals surface area contributed by atoms with Gasteiger partial charge in [0.25, 0.3) is 0 Å². The second-order valence-electron chi connectivity index (χ2n) is 16.2. The minimum Gasteiger partial charge on any atom is -0.516 e. The number of amides is 5. The van der Waals surface area contributed by atoms with Crippen LogP contribution in [0.3, 0.4) is 0 Å². The molecule has 346 valence electrons. The molecule has 0 bridgehead atoms. The van der Waals surface area contributed by atoms with Crippen molar-refractivity contribution < 1.29 is 44.1 Å². The molecular formula is C46H68N8O9. The van der Waals surface area contributed by atoms with E-state index in [0.717, 1.165) is 23.6 Å². The van der Waals surface area contributed by atoms with Gasteiger partial charge < -0.3 is 51.7 Å². The van der Waals surface area contributed by atoms with E-state index in [1.807, 2.05) is 51.1 Å². The number of hydrogen-bond acceptors (Lipinski definition) is 11. The molecule has 5 atom stereocenters. The van der Waals surface area contributed by atoms with Gasteiger partial charge in [-0.15, -0.1) is 0 Å². The molecule has 0 saturated heterocycles. The van der Waals surface area contributed by atoms with Crippen LogP contribution >= 0.6 is 0 Å². The first kappa shape index (κ1) is 53.2. The number of H-pyrrole nitrogens is 1. The molecule has 0 saturated carbocycles. The van der Waals surface area contributed by atoms with Crippen molar-refractivity contribution in [3.8, 4) is 0 Å². The minimum absolute atomic E-state index is 0.00160. The van der Waals surface area contributed by atoms with Crippen LogP contribution in [0.25, 0.3) is 11.0 Å². The maximum absolute atomic E-state index is 13.5. The van der Waals surface area contributed by atoms with Crippen molar-refractivity contribution in [1.29, 1.82) is 0 Å². The SMILES string of the molecule is C=C/C(=C\C=C\O)C[C@H](NC(=O)CNCO)C(=O)N[C@@H](CCC)C(=O)N[C@](C)(C=O)CCCC=CCCC=CC(C)(C)NC(=O)[C@H](Cc1c[nH]c2ncccc12)NC(=O)C[C@@H](C)O. The summed E-state index contributed by atoms with van der Waals surface area (Å²) in [6.45, 7) is 11.7. The Morgan fingerprint density at radius 1 is 0.921 bits per heavy atom. The molecule has 2 rings (SSSR count). The van der Waals surface area contributed by atoms with Crippen LogP contribution < -0.4 is 31.9 Å². The summed E-state index contributed by atoms with van der Waals surface area (Å²) < 4.78 is 0. The van der Waals surface area contributed by atoms with Crippen molar-refractivity contribution in [2.24, 2.45) is 0 Å². The highest BCUT2D eigenvalue weighted by Gasteiger charge is 2.32. The van der Waals surface area contributed by atoms with E-state index < -0.39 is 65.7 Å². The normalized spacial score (nSPS) is 15.1. The average Bonchev–Trinajstić information content (AvgIpc) is 3.64. The molecule has 0 spiro atoms. The molecule has 2 heterocycles. The molecule has 0 unspecified atom stereocenters. The van der Waals surface area contributed by atoms with E-state index in [0.29, 0.717) is 49.6 Å². The van der Waals surface area contributed by atoms with Crippen LogP contribution in [0.5, 0.6) is 0 Å². The third kappa shape index (κ3) is 20.2. The first-order chi connectivity index (χ1) is 30.0. The quantitative estimate of drug-likeness (QED) is 0.0136. The van der Waals surface area contributed by atoms with Gasteiger partial charge in [-0.25, -0.2) is 4.98 Å². The van der Waals surface area contributed by atoms with Crippen molar-refractivity contribution in [3.05, 3.63) is 91.0 Å². The standard InChI is InChI=1S/C46H68N8O9/c1-7-18-36(52-42(61)37(51-40(60)29-47-31-57)26-33(8-2)19-17-24-55)43(62)54-46(6,30-56)22-15-13-11-9-10-12-14-21-45(4,5)53-44(63)38(50-39(59)25-32(3)58)27-34-28-49-41-35(34)20-16-23-48-41/h8-9,11,14,16-17,19-21,23-24,28,30,32,36-38,47,55,57-58H,2,7,10,12-13,15,18,22,25-27,29,31H2,1,3-6H3,(H,48,49)(H,50,59)(H,51,60)(H,52,61)(H,53,63)(H,54,62)/b11-9?,21-14?,24-17+,33-19+/t32-,36+,37+,38+,46+/m1/s1. The number of nitrogens with zero attached hydrogens (tertiary/aromatic N) is 1. The summed E-state index contributed by atoms with van der Waals surface area (Å²) in [4.78, 5) is 85.2. The zero-order valence-corrected chi connectivity index (χ0v) is 37.2. The monoisotopic (exact) mass is 877 g/mol. The van der Waals surface area contributed by atoms with Crippen LogP contribution in [-0.2, 0) is 35.2 Å². The van der Waals surface area contributed by atoms with Crippen LogP contribution in [0, 0.1) is 0 Å². The summed E-state index contributed by atoms with van der Waals surface area (Å²) in [7, 11) is 0. The maximum Gasteiger partial charge on any atom is 0.243 e. The first-order valence-corrected chi connectivity index (χ1v) is 21.3. The molecule has 0 aromatic carbocycles. The number of nitrogens with one attached hydrogen (secondary N) is 7. The Labute approximate surface area is 370 Å². The fourth-order valence-electron chi connectivity index (χ4n) is 6.57. The second-order valence-corrected chi connectivity index (χ2v) is 16.2. The predicted octanol–water partition coefficient (Wildman–Crippen LogP) is 3.28. The fourth-order valence-corrected chi connectivity index (χ4v) is 6.57. The first-order valence-electron chi connectivity index (χ1n) is 21.3. The van der Waals surface area contributed by atoms with E-state index in [-0.39, 0.29) is 38.1 Å².